The first-order chi connectivity index (χ1) is 7.39. The minimum atomic E-state index is -4.10. The summed E-state index contributed by atoms with van der Waals surface area (Å²) < 4.78 is 30.2. The van der Waals surface area contributed by atoms with E-state index in [9.17, 15) is 8.42 Å². The van der Waals surface area contributed by atoms with Crippen molar-refractivity contribution in [3.05, 3.63) is 27.2 Å². The Morgan fingerprint density at radius 3 is 2.31 bits per heavy atom. The van der Waals surface area contributed by atoms with Gasteiger partial charge in [0.15, 0.2) is 0 Å². The van der Waals surface area contributed by atoms with Gasteiger partial charge in [-0.2, -0.15) is 8.42 Å². The Morgan fingerprint density at radius 1 is 1.12 bits per heavy atom. The summed E-state index contributed by atoms with van der Waals surface area (Å²) in [5, 5.41) is 1.27. The maximum Gasteiger partial charge on any atom is 0.440 e. The fourth-order valence-electron chi connectivity index (χ4n) is 0.958. The highest BCUT2D eigenvalue weighted by Gasteiger charge is 2.30. The van der Waals surface area contributed by atoms with Crippen LogP contribution in [-0.2, 0) is 19.0 Å². The molecule has 0 aliphatic carbocycles. The summed E-state index contributed by atoms with van der Waals surface area (Å²) >= 11 is 17.3. The second kappa shape index (κ2) is 4.19. The Bertz CT molecular complexity index is 535. The predicted molar refractivity (Wildman–Crippen MR) is 58.2 cm³/mol. The standard InChI is InChI=1S/C6H3Cl3N2O4S/c7-3-1-5(9)6(2-4(3)8)11-10-14-16(12,13)15-11/h1-2,10H. The van der Waals surface area contributed by atoms with Crippen molar-refractivity contribution in [2.75, 3.05) is 5.17 Å². The summed E-state index contributed by atoms with van der Waals surface area (Å²) in [6, 6.07) is 2.67. The van der Waals surface area contributed by atoms with Gasteiger partial charge in [0.05, 0.1) is 15.1 Å². The smallest absolute Gasteiger partial charge is 0.165 e. The molecule has 0 amide bonds. The molecule has 16 heavy (non-hydrogen) atoms. The first-order valence-electron chi connectivity index (χ1n) is 3.72. The zero-order valence-electron chi connectivity index (χ0n) is 7.28. The number of hydrogen-bond donors (Lipinski definition) is 1. The summed E-state index contributed by atoms with van der Waals surface area (Å²) in [5.74, 6) is 0. The Labute approximate surface area is 106 Å². The molecule has 1 aromatic rings. The molecule has 88 valence electrons. The molecule has 0 atom stereocenters. The molecule has 0 aromatic heterocycles. The van der Waals surface area contributed by atoms with Crippen LogP contribution in [0.25, 0.3) is 0 Å². The second-order valence-corrected chi connectivity index (χ2v) is 5.02. The van der Waals surface area contributed by atoms with E-state index in [-0.39, 0.29) is 20.8 Å². The number of rotatable bonds is 1. The molecule has 1 aromatic carbocycles. The number of anilines is 1. The molecule has 1 heterocycles. The molecule has 1 N–H and O–H groups in total. The van der Waals surface area contributed by atoms with Crippen LogP contribution in [0.1, 0.15) is 0 Å². The van der Waals surface area contributed by atoms with Gasteiger partial charge in [0.2, 0.25) is 0 Å². The number of benzene rings is 1. The molecule has 0 unspecified atom stereocenters. The normalized spacial score (nSPS) is 19.1. The highest BCUT2D eigenvalue weighted by Crippen LogP contribution is 2.35. The van der Waals surface area contributed by atoms with Gasteiger partial charge in [-0.1, -0.05) is 40.4 Å². The van der Waals surface area contributed by atoms with Crippen molar-refractivity contribution in [2.24, 2.45) is 0 Å². The van der Waals surface area contributed by atoms with Crippen molar-refractivity contribution in [2.45, 2.75) is 0 Å². The Balaban J connectivity index is 2.39. The van der Waals surface area contributed by atoms with Crippen LogP contribution >= 0.6 is 34.8 Å². The van der Waals surface area contributed by atoms with Crippen LogP contribution in [0.4, 0.5) is 5.69 Å². The van der Waals surface area contributed by atoms with Crippen LogP contribution < -0.4 is 10.8 Å². The lowest BCUT2D eigenvalue weighted by Crippen LogP contribution is -2.28. The van der Waals surface area contributed by atoms with E-state index in [1.54, 1.807) is 0 Å². The Kier molecular flexibility index (Phi) is 3.19. The van der Waals surface area contributed by atoms with Gasteiger partial charge >= 0.3 is 10.4 Å². The number of nitrogens with one attached hydrogen (secondary N) is 1. The van der Waals surface area contributed by atoms with Gasteiger partial charge in [-0.05, 0) is 12.1 Å². The van der Waals surface area contributed by atoms with Gasteiger partial charge in [0.1, 0.15) is 5.69 Å². The minimum absolute atomic E-state index is 0.141. The lowest BCUT2D eigenvalue weighted by atomic mass is 10.3. The van der Waals surface area contributed by atoms with E-state index in [0.29, 0.717) is 5.17 Å². The average molecular weight is 306 g/mol. The van der Waals surface area contributed by atoms with Crippen LogP contribution in [0.5, 0.6) is 0 Å². The van der Waals surface area contributed by atoms with Gasteiger partial charge in [-0.25, -0.2) is 0 Å². The summed E-state index contributed by atoms with van der Waals surface area (Å²) in [6.07, 6.45) is 0. The van der Waals surface area contributed by atoms with Crippen molar-refractivity contribution in [3.8, 4) is 0 Å². The summed E-state index contributed by atoms with van der Waals surface area (Å²) in [5.41, 5.74) is 2.14. The van der Waals surface area contributed by atoms with E-state index in [2.05, 4.69) is 8.57 Å². The highest BCUT2D eigenvalue weighted by molar-refractivity contribution is 7.82. The van der Waals surface area contributed by atoms with Gasteiger partial charge < -0.3 is 0 Å². The monoisotopic (exact) mass is 304 g/mol. The van der Waals surface area contributed by atoms with Crippen molar-refractivity contribution < 1.29 is 17.0 Å². The molecule has 0 bridgehead atoms. The topological polar surface area (TPSA) is 67.9 Å². The first kappa shape index (κ1) is 12.2. The molecule has 1 aliphatic rings. The minimum Gasteiger partial charge on any atom is -0.165 e. The quantitative estimate of drug-likeness (QED) is 0.801. The fraction of sp³-hybridized carbons (Fsp3) is 0. The van der Waals surface area contributed by atoms with E-state index < -0.39 is 10.4 Å². The molecule has 2 rings (SSSR count). The zero-order chi connectivity index (χ0) is 11.9. The third-order valence-electron chi connectivity index (χ3n) is 1.60. The van der Waals surface area contributed by atoms with Crippen LogP contribution in [0.3, 0.4) is 0 Å². The summed E-state index contributed by atoms with van der Waals surface area (Å²) in [6.45, 7) is 0. The van der Waals surface area contributed by atoms with Gasteiger partial charge in [-0.15, -0.1) is 13.7 Å². The summed E-state index contributed by atoms with van der Waals surface area (Å²) in [7, 11) is -4.10. The number of hydrogen-bond acceptors (Lipinski definition) is 6. The number of halogens is 3. The molecule has 1 saturated heterocycles. The van der Waals surface area contributed by atoms with E-state index in [1.165, 1.54) is 12.1 Å². The predicted octanol–water partition coefficient (Wildman–Crippen LogP) is 2.08. The largest absolute Gasteiger partial charge is 0.440 e. The van der Waals surface area contributed by atoms with Crippen LogP contribution in [0.2, 0.25) is 15.1 Å². The van der Waals surface area contributed by atoms with Crippen LogP contribution in [0, 0.1) is 0 Å². The Morgan fingerprint density at radius 2 is 1.75 bits per heavy atom. The highest BCUT2D eigenvalue weighted by atomic mass is 35.5. The van der Waals surface area contributed by atoms with E-state index >= 15 is 0 Å². The van der Waals surface area contributed by atoms with E-state index in [1.807, 2.05) is 5.59 Å². The SMILES string of the molecule is O=S1(=O)ONN(c2cc(Cl)c(Cl)cc2Cl)O1. The van der Waals surface area contributed by atoms with Crippen molar-refractivity contribution in [1.29, 1.82) is 0 Å². The fourth-order valence-corrected chi connectivity index (χ4v) is 2.06. The van der Waals surface area contributed by atoms with E-state index in [4.69, 9.17) is 34.8 Å². The molecule has 1 aliphatic heterocycles. The van der Waals surface area contributed by atoms with Crippen molar-refractivity contribution in [3.63, 3.8) is 0 Å². The molecular weight excluding hydrogens is 303 g/mol. The molecule has 1 fully saturated rings. The van der Waals surface area contributed by atoms with Crippen molar-refractivity contribution in [1.82, 2.24) is 5.59 Å². The number of nitrogens with zero attached hydrogens (tertiary/aromatic N) is 1. The number of hydrazine groups is 1. The maximum absolute atomic E-state index is 10.8. The average Bonchev–Trinajstić information content (AvgIpc) is 2.52. The molecular formula is C6H3Cl3N2O4S. The third-order valence-corrected chi connectivity index (χ3v) is 3.23. The van der Waals surface area contributed by atoms with Crippen LogP contribution in [-0.4, -0.2) is 8.42 Å². The van der Waals surface area contributed by atoms with Crippen molar-refractivity contribution >= 4 is 50.9 Å². The third kappa shape index (κ3) is 2.35. The molecule has 0 saturated carbocycles. The first-order valence-corrected chi connectivity index (χ1v) is 6.19. The molecule has 0 radical (unpaired) electrons. The Hall–Kier alpha value is -0.280. The molecule has 6 nitrogen and oxygen atoms in total. The van der Waals surface area contributed by atoms with Gasteiger partial charge in [0, 0.05) is 0 Å². The summed E-state index contributed by atoms with van der Waals surface area (Å²) in [4.78, 5) is 0. The maximum atomic E-state index is 10.8. The second-order valence-electron chi connectivity index (χ2n) is 2.67. The van der Waals surface area contributed by atoms with Gasteiger partial charge in [0.25, 0.3) is 0 Å². The molecule has 0 spiro atoms. The lowest BCUT2D eigenvalue weighted by molar-refractivity contribution is 0.198. The zero-order valence-corrected chi connectivity index (χ0v) is 10.4. The lowest BCUT2D eigenvalue weighted by Gasteiger charge is -2.13. The van der Waals surface area contributed by atoms with Gasteiger partial charge in [-0.3, -0.25) is 0 Å². The molecule has 10 heteroatoms. The van der Waals surface area contributed by atoms with E-state index in [0.717, 1.165) is 0 Å². The van der Waals surface area contributed by atoms with Crippen LogP contribution in [0.15, 0.2) is 12.1 Å².